The van der Waals surface area contributed by atoms with E-state index in [0.717, 1.165) is 11.6 Å². The molecule has 1 aromatic heterocycles. The summed E-state index contributed by atoms with van der Waals surface area (Å²) in [6.45, 7) is 0.319. The van der Waals surface area contributed by atoms with Gasteiger partial charge < -0.3 is 0 Å². The van der Waals surface area contributed by atoms with Crippen LogP contribution in [0.4, 0.5) is 5.95 Å². The Balaban J connectivity index is 1.80. The molecule has 0 amide bonds. The van der Waals surface area contributed by atoms with Crippen molar-refractivity contribution in [3.05, 3.63) is 67.3 Å². The molecule has 0 unspecified atom stereocenters. The number of halogens is 5. The van der Waals surface area contributed by atoms with Crippen LogP contribution in [0.5, 0.6) is 0 Å². The van der Waals surface area contributed by atoms with Crippen LogP contribution in [0, 0.1) is 0 Å². The van der Waals surface area contributed by atoms with Crippen LogP contribution in [0.1, 0.15) is 5.56 Å². The van der Waals surface area contributed by atoms with Gasteiger partial charge in [0.2, 0.25) is 0 Å². The van der Waals surface area contributed by atoms with Crippen LogP contribution in [0.25, 0.3) is 0 Å². The smallest absolute Gasteiger partial charge is 0.246 e. The van der Waals surface area contributed by atoms with Gasteiger partial charge in [-0.3, -0.25) is 0 Å². The predicted molar refractivity (Wildman–Crippen MR) is 108 cm³/mol. The second-order valence-electron chi connectivity index (χ2n) is 5.32. The molecule has 27 heavy (non-hydrogen) atoms. The maximum Gasteiger partial charge on any atom is 0.265 e. The monoisotopic (exact) mass is 484 g/mol. The van der Waals surface area contributed by atoms with Gasteiger partial charge in [-0.15, -0.1) is 5.10 Å². The second kappa shape index (κ2) is 8.03. The van der Waals surface area contributed by atoms with Gasteiger partial charge in [-0.2, -0.15) is 4.98 Å². The Morgan fingerprint density at radius 3 is 2.26 bits per heavy atom. The molecule has 0 radical (unpaired) electrons. The molecule has 3 rings (SSSR count). The van der Waals surface area contributed by atoms with Crippen molar-refractivity contribution in [2.45, 2.75) is 11.4 Å². The molecule has 0 aliphatic heterocycles. The summed E-state index contributed by atoms with van der Waals surface area (Å²) in [5.41, 5.74) is 0.816. The highest BCUT2D eigenvalue weighted by atomic mass is 35.5. The van der Waals surface area contributed by atoms with E-state index in [-0.39, 0.29) is 25.9 Å². The van der Waals surface area contributed by atoms with Crippen molar-refractivity contribution in [2.24, 2.45) is 0 Å². The lowest BCUT2D eigenvalue weighted by Gasteiger charge is -2.08. The summed E-state index contributed by atoms with van der Waals surface area (Å²) >= 11 is 29.5. The average Bonchev–Trinajstić information content (AvgIpc) is 3.00. The number of nitrogens with zero attached hydrogens (tertiary/aromatic N) is 3. The number of aromatic nitrogens is 3. The number of hydrogen-bond acceptors (Lipinski definition) is 4. The molecule has 6 nitrogen and oxygen atoms in total. The van der Waals surface area contributed by atoms with Gasteiger partial charge in [-0.25, -0.2) is 17.8 Å². The maximum atomic E-state index is 12.5. The largest absolute Gasteiger partial charge is 0.265 e. The zero-order chi connectivity index (χ0) is 19.8. The molecule has 0 bridgehead atoms. The highest BCUT2D eigenvalue weighted by molar-refractivity contribution is 7.92. The van der Waals surface area contributed by atoms with Crippen LogP contribution in [-0.4, -0.2) is 23.2 Å². The Morgan fingerprint density at radius 2 is 1.56 bits per heavy atom. The number of anilines is 1. The van der Waals surface area contributed by atoms with Crippen LogP contribution >= 0.6 is 58.0 Å². The van der Waals surface area contributed by atoms with Gasteiger partial charge in [0.15, 0.2) is 0 Å². The SMILES string of the molecule is O=S(=O)(Nc1ncn(Cc2ccc(Cl)c(Cl)c2)n1)c1cc(Cl)c(Cl)cc1Cl. The van der Waals surface area contributed by atoms with E-state index in [1.54, 1.807) is 18.2 Å². The number of sulfonamides is 1. The summed E-state index contributed by atoms with van der Waals surface area (Å²) in [4.78, 5) is 3.70. The van der Waals surface area contributed by atoms with E-state index in [4.69, 9.17) is 58.0 Å². The zero-order valence-corrected chi connectivity index (χ0v) is 17.7. The first-order chi connectivity index (χ1) is 12.7. The minimum Gasteiger partial charge on any atom is -0.246 e. The summed E-state index contributed by atoms with van der Waals surface area (Å²) in [6.07, 6.45) is 1.37. The molecule has 3 aromatic rings. The molecule has 142 valence electrons. The summed E-state index contributed by atoms with van der Waals surface area (Å²) in [5, 5.41) is 5.04. The lowest BCUT2D eigenvalue weighted by molar-refractivity contribution is 0.600. The van der Waals surface area contributed by atoms with Crippen molar-refractivity contribution in [3.63, 3.8) is 0 Å². The van der Waals surface area contributed by atoms with E-state index in [1.165, 1.54) is 17.1 Å². The highest BCUT2D eigenvalue weighted by Gasteiger charge is 2.21. The van der Waals surface area contributed by atoms with E-state index >= 15 is 0 Å². The Hall–Kier alpha value is -1.22. The zero-order valence-electron chi connectivity index (χ0n) is 13.1. The van der Waals surface area contributed by atoms with E-state index in [0.29, 0.717) is 16.6 Å². The summed E-state index contributed by atoms with van der Waals surface area (Å²) in [7, 11) is -4.06. The minimum absolute atomic E-state index is 0.0551. The summed E-state index contributed by atoms with van der Waals surface area (Å²) < 4.78 is 28.7. The number of hydrogen-bond donors (Lipinski definition) is 1. The number of benzene rings is 2. The topological polar surface area (TPSA) is 76.9 Å². The Kier molecular flexibility index (Phi) is 6.10. The van der Waals surface area contributed by atoms with Crippen molar-refractivity contribution in [1.29, 1.82) is 0 Å². The minimum atomic E-state index is -4.06. The molecule has 1 N–H and O–H groups in total. The normalized spacial score (nSPS) is 11.6. The lowest BCUT2D eigenvalue weighted by atomic mass is 10.2. The predicted octanol–water partition coefficient (Wildman–Crippen LogP) is 5.39. The highest BCUT2D eigenvalue weighted by Crippen LogP contribution is 2.32. The van der Waals surface area contributed by atoms with Crippen LogP contribution in [0.3, 0.4) is 0 Å². The number of nitrogens with one attached hydrogen (secondary N) is 1. The van der Waals surface area contributed by atoms with Gasteiger partial charge in [0.05, 0.1) is 31.7 Å². The summed E-state index contributed by atoms with van der Waals surface area (Å²) in [5.74, 6) is -0.128. The van der Waals surface area contributed by atoms with Crippen molar-refractivity contribution in [3.8, 4) is 0 Å². The fourth-order valence-electron chi connectivity index (χ4n) is 2.13. The van der Waals surface area contributed by atoms with Crippen molar-refractivity contribution < 1.29 is 8.42 Å². The third-order valence-electron chi connectivity index (χ3n) is 3.36. The van der Waals surface area contributed by atoms with Crippen LogP contribution in [0.15, 0.2) is 41.6 Å². The van der Waals surface area contributed by atoms with Crippen LogP contribution in [-0.2, 0) is 16.6 Å². The molecular formula is C15H9Cl5N4O2S. The van der Waals surface area contributed by atoms with E-state index < -0.39 is 10.0 Å². The van der Waals surface area contributed by atoms with Crippen molar-refractivity contribution >= 4 is 74.0 Å². The molecule has 0 fully saturated rings. The van der Waals surface area contributed by atoms with Crippen LogP contribution in [0.2, 0.25) is 25.1 Å². The first-order valence-corrected chi connectivity index (χ1v) is 10.5. The Bertz CT molecular complexity index is 1120. The Morgan fingerprint density at radius 1 is 0.889 bits per heavy atom. The maximum absolute atomic E-state index is 12.5. The molecule has 0 spiro atoms. The Labute approximate surface area is 180 Å². The van der Waals surface area contributed by atoms with Gasteiger partial charge in [0, 0.05) is 0 Å². The first-order valence-electron chi connectivity index (χ1n) is 7.16. The number of rotatable bonds is 5. The molecule has 0 saturated heterocycles. The molecule has 0 aliphatic carbocycles. The molecule has 0 saturated carbocycles. The van der Waals surface area contributed by atoms with E-state index in [2.05, 4.69) is 14.8 Å². The molecule has 12 heteroatoms. The molecule has 1 heterocycles. The van der Waals surface area contributed by atoms with Gasteiger partial charge >= 0.3 is 0 Å². The fourth-order valence-corrected chi connectivity index (χ4v) is 4.40. The quantitative estimate of drug-likeness (QED) is 0.490. The van der Waals surface area contributed by atoms with Crippen molar-refractivity contribution in [1.82, 2.24) is 14.8 Å². The molecular weight excluding hydrogens is 478 g/mol. The molecule has 0 aliphatic rings. The van der Waals surface area contributed by atoms with E-state index in [9.17, 15) is 8.42 Å². The standard InChI is InChI=1S/C15H9Cl5N4O2S/c16-9-2-1-8(3-10(9)17)6-24-7-21-15(22-24)23-27(25,26)14-5-12(19)11(18)4-13(14)20/h1-5,7H,6H2,(H,22,23). The van der Waals surface area contributed by atoms with Crippen LogP contribution < -0.4 is 4.72 Å². The van der Waals surface area contributed by atoms with Crippen molar-refractivity contribution in [2.75, 3.05) is 4.72 Å². The third-order valence-corrected chi connectivity index (χ3v) is 6.61. The average molecular weight is 487 g/mol. The van der Waals surface area contributed by atoms with Gasteiger partial charge in [0.25, 0.3) is 16.0 Å². The lowest BCUT2D eigenvalue weighted by Crippen LogP contribution is -2.15. The van der Waals surface area contributed by atoms with Gasteiger partial charge in [-0.05, 0) is 29.8 Å². The summed E-state index contributed by atoms with van der Waals surface area (Å²) in [6, 6.07) is 7.52. The molecule has 0 atom stereocenters. The molecule has 2 aromatic carbocycles. The van der Waals surface area contributed by atoms with Gasteiger partial charge in [0.1, 0.15) is 11.2 Å². The first kappa shape index (κ1) is 20.5. The fraction of sp³-hybridized carbons (Fsp3) is 0.0667. The van der Waals surface area contributed by atoms with E-state index in [1.807, 2.05) is 0 Å². The third kappa shape index (κ3) is 4.80. The van der Waals surface area contributed by atoms with Gasteiger partial charge in [-0.1, -0.05) is 64.1 Å². The second-order valence-corrected chi connectivity index (χ2v) is 9.00.